The molecule has 0 N–H and O–H groups in total. The Labute approximate surface area is 305 Å². The van der Waals surface area contributed by atoms with Crippen molar-refractivity contribution < 1.29 is 14.3 Å². The minimum absolute atomic E-state index is 0.194. The molecule has 0 unspecified atom stereocenters. The highest BCUT2D eigenvalue weighted by Gasteiger charge is 2.18. The molecule has 1 fully saturated rings. The van der Waals surface area contributed by atoms with Crippen molar-refractivity contribution >= 4 is 44.0 Å². The van der Waals surface area contributed by atoms with Crippen molar-refractivity contribution in [2.24, 2.45) is 0 Å². The Morgan fingerprint density at radius 1 is 0.740 bits per heavy atom. The molecule has 2 aromatic carbocycles. The monoisotopic (exact) mass is 699 g/mol. The zero-order valence-electron chi connectivity index (χ0n) is 30.7. The Morgan fingerprint density at radius 3 is 2.14 bits per heavy atom. The molecule has 0 atom stereocenters. The summed E-state index contributed by atoms with van der Waals surface area (Å²) in [6, 6.07) is 18.6. The topological polar surface area (TPSA) is 54.9 Å². The summed E-state index contributed by atoms with van der Waals surface area (Å²) >= 11 is 1.82. The number of pyridine rings is 1. The number of esters is 1. The lowest BCUT2D eigenvalue weighted by Crippen LogP contribution is -2.46. The van der Waals surface area contributed by atoms with E-state index < -0.39 is 0 Å². The smallest absolute Gasteiger partial charge is 0.312 e. The van der Waals surface area contributed by atoms with Crippen LogP contribution in [0.15, 0.2) is 60.0 Å². The molecule has 3 heterocycles. The number of unbranched alkanes of at least 4 members (excludes halogenated alkanes) is 15. The van der Waals surface area contributed by atoms with Crippen molar-refractivity contribution in [3.63, 3.8) is 0 Å². The normalized spacial score (nSPS) is 13.7. The zero-order chi connectivity index (χ0) is 34.6. The summed E-state index contributed by atoms with van der Waals surface area (Å²) < 4.78 is 13.1. The molecular weight excluding hydrogens is 639 g/mol. The second kappa shape index (κ2) is 21.9. The van der Waals surface area contributed by atoms with Gasteiger partial charge in [-0.3, -0.25) is 9.69 Å². The fourth-order valence-corrected chi connectivity index (χ4v) is 7.93. The maximum absolute atomic E-state index is 12.5. The molecule has 0 radical (unpaired) electrons. The van der Waals surface area contributed by atoms with Gasteiger partial charge in [-0.25, -0.2) is 4.98 Å². The number of hydrogen-bond acceptors (Lipinski definition) is 7. The van der Waals surface area contributed by atoms with Gasteiger partial charge in [0.05, 0.1) is 12.1 Å². The first-order valence-electron chi connectivity index (χ1n) is 19.9. The van der Waals surface area contributed by atoms with Crippen LogP contribution in [0.1, 0.15) is 122 Å². The molecule has 0 bridgehead atoms. The van der Waals surface area contributed by atoms with E-state index in [1.807, 2.05) is 35.6 Å². The highest BCUT2D eigenvalue weighted by atomic mass is 32.1. The Hall–Kier alpha value is -3.16. The van der Waals surface area contributed by atoms with Crippen molar-refractivity contribution in [1.29, 1.82) is 0 Å². The van der Waals surface area contributed by atoms with E-state index in [-0.39, 0.29) is 5.97 Å². The summed E-state index contributed by atoms with van der Waals surface area (Å²) in [5.74, 6) is 0.982. The number of benzene rings is 2. The van der Waals surface area contributed by atoms with Gasteiger partial charge in [-0.2, -0.15) is 0 Å². The van der Waals surface area contributed by atoms with Crippen LogP contribution in [0.4, 0.5) is 5.69 Å². The van der Waals surface area contributed by atoms with E-state index in [0.717, 1.165) is 75.1 Å². The molecule has 1 saturated heterocycles. The van der Waals surface area contributed by atoms with Crippen LogP contribution < -0.4 is 14.4 Å². The summed E-state index contributed by atoms with van der Waals surface area (Å²) in [7, 11) is 0. The van der Waals surface area contributed by atoms with Gasteiger partial charge in [-0.05, 0) is 67.6 Å². The Kier molecular flexibility index (Phi) is 16.7. The fourth-order valence-electron chi connectivity index (χ4n) is 7.13. The van der Waals surface area contributed by atoms with Gasteiger partial charge in [-0.1, -0.05) is 103 Å². The number of fused-ring (bicyclic) bond motifs is 2. The number of carbonyl (C=O) groups is 1. The van der Waals surface area contributed by atoms with Crippen LogP contribution in [0.25, 0.3) is 21.0 Å². The van der Waals surface area contributed by atoms with Crippen LogP contribution in [0.2, 0.25) is 0 Å². The van der Waals surface area contributed by atoms with Crippen molar-refractivity contribution in [1.82, 2.24) is 9.88 Å². The molecule has 0 amide bonds. The minimum atomic E-state index is -0.194. The van der Waals surface area contributed by atoms with E-state index in [2.05, 4.69) is 51.4 Å². The van der Waals surface area contributed by atoms with E-state index in [1.165, 1.54) is 99.2 Å². The maximum Gasteiger partial charge on any atom is 0.312 e. The van der Waals surface area contributed by atoms with E-state index >= 15 is 0 Å². The highest BCUT2D eigenvalue weighted by molar-refractivity contribution is 7.17. The number of aromatic nitrogens is 1. The summed E-state index contributed by atoms with van der Waals surface area (Å²) in [5, 5.41) is 4.58. The first kappa shape index (κ1) is 38.1. The lowest BCUT2D eigenvalue weighted by molar-refractivity contribution is -0.134. The van der Waals surface area contributed by atoms with E-state index in [0.29, 0.717) is 18.9 Å². The van der Waals surface area contributed by atoms with E-state index in [4.69, 9.17) is 9.47 Å². The van der Waals surface area contributed by atoms with Crippen LogP contribution in [-0.4, -0.2) is 55.2 Å². The summed E-state index contributed by atoms with van der Waals surface area (Å²) in [6.07, 6.45) is 22.3. The van der Waals surface area contributed by atoms with E-state index in [1.54, 1.807) is 6.07 Å². The molecule has 0 aliphatic carbocycles. The quantitative estimate of drug-likeness (QED) is 0.0536. The maximum atomic E-state index is 12.5. The molecule has 6 nitrogen and oxygen atoms in total. The summed E-state index contributed by atoms with van der Waals surface area (Å²) in [5.41, 5.74) is 2.16. The largest absolute Gasteiger partial charge is 0.494 e. The van der Waals surface area contributed by atoms with Crippen molar-refractivity contribution in [2.45, 2.75) is 122 Å². The first-order valence-corrected chi connectivity index (χ1v) is 20.8. The number of ether oxygens (including phenoxy) is 2. The molecule has 0 saturated carbocycles. The molecule has 50 heavy (non-hydrogen) atoms. The Bertz CT molecular complexity index is 1550. The molecule has 0 spiro atoms. The van der Waals surface area contributed by atoms with Gasteiger partial charge >= 0.3 is 5.97 Å². The third-order valence-corrected chi connectivity index (χ3v) is 11.0. The zero-order valence-corrected chi connectivity index (χ0v) is 31.5. The van der Waals surface area contributed by atoms with Crippen molar-refractivity contribution in [3.8, 4) is 11.6 Å². The number of anilines is 1. The number of carbonyl (C=O) groups excluding carboxylic acids is 1. The molecule has 272 valence electrons. The number of nitrogens with zero attached hydrogens (tertiary/aromatic N) is 3. The molecule has 1 aliphatic heterocycles. The lowest BCUT2D eigenvalue weighted by atomic mass is 10.0. The van der Waals surface area contributed by atoms with Crippen LogP contribution in [0, 0.1) is 0 Å². The van der Waals surface area contributed by atoms with E-state index in [9.17, 15) is 4.79 Å². The third-order valence-electron chi connectivity index (χ3n) is 10.2. The number of piperazine rings is 1. The van der Waals surface area contributed by atoms with Crippen LogP contribution in [0.3, 0.4) is 0 Å². The summed E-state index contributed by atoms with van der Waals surface area (Å²) in [4.78, 5) is 22.2. The molecule has 2 aromatic heterocycles. The van der Waals surface area contributed by atoms with Crippen LogP contribution in [-0.2, 0) is 4.79 Å². The van der Waals surface area contributed by atoms with Gasteiger partial charge in [0.15, 0.2) is 0 Å². The molecule has 4 aromatic rings. The second-order valence-electron chi connectivity index (χ2n) is 14.2. The van der Waals surface area contributed by atoms with Crippen molar-refractivity contribution in [3.05, 3.63) is 60.0 Å². The minimum Gasteiger partial charge on any atom is -0.494 e. The molecule has 7 heteroatoms. The standard InChI is InChI=1S/C43H61N3O3S/c1-2-3-4-5-6-7-8-9-10-11-12-13-14-15-16-22-43(47)49-42-26-24-36-23-25-37(35-39(36)44-42)48-33-18-17-28-45-29-31-46(32-30-45)40-20-19-21-41-38(40)27-34-50-41/h19-21,23-27,34-35H,2-18,22,28-33H2,1H3. The highest BCUT2D eigenvalue weighted by Crippen LogP contribution is 2.31. The van der Waals surface area contributed by atoms with Gasteiger partial charge in [0.2, 0.25) is 5.88 Å². The Morgan fingerprint density at radius 2 is 1.42 bits per heavy atom. The van der Waals surface area contributed by atoms with Crippen molar-refractivity contribution in [2.75, 3.05) is 44.2 Å². The second-order valence-corrected chi connectivity index (χ2v) is 15.1. The molecule has 1 aliphatic rings. The SMILES string of the molecule is CCCCCCCCCCCCCCCCCC(=O)Oc1ccc2ccc(OCCCCN3CCN(c4cccc5sccc45)CC3)cc2n1. The molecule has 5 rings (SSSR count). The predicted molar refractivity (Wildman–Crippen MR) is 212 cm³/mol. The van der Waals surface area contributed by atoms with Gasteiger partial charge in [-0.15, -0.1) is 11.3 Å². The van der Waals surface area contributed by atoms with Gasteiger partial charge < -0.3 is 14.4 Å². The average molecular weight is 700 g/mol. The number of hydrogen-bond donors (Lipinski definition) is 0. The first-order chi connectivity index (χ1) is 24.7. The Balaban J connectivity index is 0.894. The van der Waals surface area contributed by atoms with Gasteiger partial charge in [0.25, 0.3) is 0 Å². The fraction of sp³-hybridized carbons (Fsp3) is 0.581. The average Bonchev–Trinajstić information content (AvgIpc) is 3.63. The molecular formula is C43H61N3O3S. The number of thiophene rings is 1. The summed E-state index contributed by atoms with van der Waals surface area (Å²) in [6.45, 7) is 8.42. The van der Waals surface area contributed by atoms with Gasteiger partial charge in [0.1, 0.15) is 5.75 Å². The lowest BCUT2D eigenvalue weighted by Gasteiger charge is -2.36. The number of rotatable bonds is 24. The predicted octanol–water partition coefficient (Wildman–Crippen LogP) is 11.6. The third kappa shape index (κ3) is 12.9. The van der Waals surface area contributed by atoms with Crippen LogP contribution in [0.5, 0.6) is 11.6 Å². The van der Waals surface area contributed by atoms with Gasteiger partial charge in [0, 0.05) is 65.9 Å². The van der Waals surface area contributed by atoms with Crippen LogP contribution >= 0.6 is 11.3 Å².